The molecular formula is C12H8N2O2. The Morgan fingerprint density at radius 1 is 1.19 bits per heavy atom. The molecule has 0 unspecified atom stereocenters. The highest BCUT2D eigenvalue weighted by atomic mass is 16.3. The molecule has 0 radical (unpaired) electrons. The molecule has 0 aliphatic rings. The van der Waals surface area contributed by atoms with E-state index in [2.05, 4.69) is 10.2 Å². The van der Waals surface area contributed by atoms with E-state index in [4.69, 9.17) is 4.42 Å². The number of aromatic nitrogens is 2. The van der Waals surface area contributed by atoms with Crippen molar-refractivity contribution < 1.29 is 4.42 Å². The molecule has 1 N–H and O–H groups in total. The summed E-state index contributed by atoms with van der Waals surface area (Å²) in [4.78, 5) is 11.1. The smallest absolute Gasteiger partial charge is 0.264 e. The summed E-state index contributed by atoms with van der Waals surface area (Å²) in [5, 5.41) is 7.07. The van der Waals surface area contributed by atoms with Gasteiger partial charge in [0.1, 0.15) is 11.3 Å². The van der Waals surface area contributed by atoms with Crippen molar-refractivity contribution in [2.45, 2.75) is 0 Å². The van der Waals surface area contributed by atoms with E-state index in [9.17, 15) is 4.79 Å². The van der Waals surface area contributed by atoms with Crippen LogP contribution < -0.4 is 5.56 Å². The van der Waals surface area contributed by atoms with E-state index < -0.39 is 0 Å². The SMILES string of the molecule is O=c1cc(-c2cc3ccccc3o2)cn[nH]1. The highest BCUT2D eigenvalue weighted by molar-refractivity contribution is 5.82. The minimum absolute atomic E-state index is 0.238. The van der Waals surface area contributed by atoms with Crippen LogP contribution >= 0.6 is 0 Å². The zero-order valence-corrected chi connectivity index (χ0v) is 8.31. The van der Waals surface area contributed by atoms with E-state index in [0.717, 1.165) is 11.0 Å². The molecule has 3 rings (SSSR count). The van der Waals surface area contributed by atoms with Gasteiger partial charge in [0.25, 0.3) is 5.56 Å². The lowest BCUT2D eigenvalue weighted by molar-refractivity contribution is 0.630. The highest BCUT2D eigenvalue weighted by Gasteiger charge is 2.05. The number of hydrogen-bond acceptors (Lipinski definition) is 3. The molecule has 0 saturated carbocycles. The Morgan fingerprint density at radius 2 is 2.06 bits per heavy atom. The Kier molecular flexibility index (Phi) is 1.86. The van der Waals surface area contributed by atoms with Crippen LogP contribution in [0.5, 0.6) is 0 Å². The third kappa shape index (κ3) is 1.40. The lowest BCUT2D eigenvalue weighted by Gasteiger charge is -1.92. The molecule has 0 atom stereocenters. The largest absolute Gasteiger partial charge is 0.456 e. The fraction of sp³-hybridized carbons (Fsp3) is 0. The quantitative estimate of drug-likeness (QED) is 0.672. The molecule has 3 aromatic rings. The van der Waals surface area contributed by atoms with E-state index in [-0.39, 0.29) is 5.56 Å². The third-order valence-electron chi connectivity index (χ3n) is 2.38. The van der Waals surface area contributed by atoms with E-state index in [0.29, 0.717) is 11.3 Å². The number of rotatable bonds is 1. The maximum Gasteiger partial charge on any atom is 0.264 e. The molecule has 0 saturated heterocycles. The molecule has 0 fully saturated rings. The molecule has 0 aliphatic heterocycles. The van der Waals surface area contributed by atoms with Crippen LogP contribution in [0.1, 0.15) is 0 Å². The van der Waals surface area contributed by atoms with Crippen LogP contribution in [0, 0.1) is 0 Å². The second-order valence-corrected chi connectivity index (χ2v) is 3.48. The first-order valence-electron chi connectivity index (χ1n) is 4.86. The third-order valence-corrected chi connectivity index (χ3v) is 2.38. The number of benzene rings is 1. The second kappa shape index (κ2) is 3.34. The molecule has 4 nitrogen and oxygen atoms in total. The molecule has 0 amide bonds. The van der Waals surface area contributed by atoms with Crippen LogP contribution in [0.2, 0.25) is 0 Å². The van der Waals surface area contributed by atoms with Gasteiger partial charge in [-0.05, 0) is 12.1 Å². The van der Waals surface area contributed by atoms with Crippen LogP contribution in [0.25, 0.3) is 22.3 Å². The predicted molar refractivity (Wildman–Crippen MR) is 60.1 cm³/mol. The number of para-hydroxylation sites is 1. The van der Waals surface area contributed by atoms with Crippen LogP contribution in [0.4, 0.5) is 0 Å². The molecule has 0 bridgehead atoms. The maximum atomic E-state index is 11.1. The first kappa shape index (κ1) is 8.91. The van der Waals surface area contributed by atoms with Gasteiger partial charge in [-0.15, -0.1) is 0 Å². The summed E-state index contributed by atoms with van der Waals surface area (Å²) in [5.74, 6) is 0.653. The second-order valence-electron chi connectivity index (χ2n) is 3.48. The Morgan fingerprint density at radius 3 is 2.88 bits per heavy atom. The van der Waals surface area contributed by atoms with Crippen molar-refractivity contribution in [3.05, 3.63) is 52.9 Å². The zero-order valence-electron chi connectivity index (χ0n) is 8.31. The maximum absolute atomic E-state index is 11.1. The topological polar surface area (TPSA) is 58.9 Å². The van der Waals surface area contributed by atoms with Crippen molar-refractivity contribution >= 4 is 11.0 Å². The van der Waals surface area contributed by atoms with Crippen molar-refractivity contribution in [3.8, 4) is 11.3 Å². The van der Waals surface area contributed by atoms with Gasteiger partial charge in [-0.3, -0.25) is 4.79 Å². The van der Waals surface area contributed by atoms with E-state index in [1.54, 1.807) is 6.20 Å². The lowest BCUT2D eigenvalue weighted by Crippen LogP contribution is -2.05. The Hall–Kier alpha value is -2.36. The molecule has 0 aliphatic carbocycles. The highest BCUT2D eigenvalue weighted by Crippen LogP contribution is 2.25. The van der Waals surface area contributed by atoms with Crippen LogP contribution in [0.15, 0.2) is 51.8 Å². The minimum atomic E-state index is -0.238. The summed E-state index contributed by atoms with van der Waals surface area (Å²) in [6.45, 7) is 0. The number of furan rings is 1. The molecule has 78 valence electrons. The van der Waals surface area contributed by atoms with Crippen LogP contribution in [-0.4, -0.2) is 10.2 Å². The monoisotopic (exact) mass is 212 g/mol. The molecular weight excluding hydrogens is 204 g/mol. The normalized spacial score (nSPS) is 10.8. The number of H-pyrrole nitrogens is 1. The summed E-state index contributed by atoms with van der Waals surface area (Å²) < 4.78 is 5.62. The first-order chi connectivity index (χ1) is 7.83. The van der Waals surface area contributed by atoms with Gasteiger partial charge in [-0.2, -0.15) is 5.10 Å². The Labute approximate surface area is 90.5 Å². The molecule has 2 heterocycles. The van der Waals surface area contributed by atoms with Crippen molar-refractivity contribution in [2.24, 2.45) is 0 Å². The van der Waals surface area contributed by atoms with Crippen molar-refractivity contribution in [3.63, 3.8) is 0 Å². The number of hydrogen-bond donors (Lipinski definition) is 1. The van der Waals surface area contributed by atoms with E-state index in [1.165, 1.54) is 6.07 Å². The van der Waals surface area contributed by atoms with Gasteiger partial charge >= 0.3 is 0 Å². The summed E-state index contributed by atoms with van der Waals surface area (Å²) >= 11 is 0. The van der Waals surface area contributed by atoms with Gasteiger partial charge in [0.15, 0.2) is 0 Å². The minimum Gasteiger partial charge on any atom is -0.456 e. The molecule has 1 aromatic carbocycles. The van der Waals surface area contributed by atoms with Gasteiger partial charge < -0.3 is 4.42 Å². The average molecular weight is 212 g/mol. The number of nitrogens with one attached hydrogen (secondary N) is 1. The van der Waals surface area contributed by atoms with Gasteiger partial charge in [0.2, 0.25) is 0 Å². The van der Waals surface area contributed by atoms with Gasteiger partial charge in [0, 0.05) is 17.0 Å². The predicted octanol–water partition coefficient (Wildman–Crippen LogP) is 2.18. The number of nitrogens with zero attached hydrogens (tertiary/aromatic N) is 1. The Bertz CT molecular complexity index is 664. The fourth-order valence-corrected chi connectivity index (χ4v) is 1.64. The summed E-state index contributed by atoms with van der Waals surface area (Å²) in [6.07, 6.45) is 1.57. The lowest BCUT2D eigenvalue weighted by atomic mass is 10.2. The van der Waals surface area contributed by atoms with Gasteiger partial charge in [-0.25, -0.2) is 5.10 Å². The summed E-state index contributed by atoms with van der Waals surface area (Å²) in [6, 6.07) is 11.1. The standard InChI is InChI=1S/C12H8N2O2/c15-12-6-9(7-13-14-12)11-5-8-3-1-2-4-10(8)16-11/h1-7H,(H,14,15). The van der Waals surface area contributed by atoms with Crippen LogP contribution in [0.3, 0.4) is 0 Å². The van der Waals surface area contributed by atoms with Crippen molar-refractivity contribution in [2.75, 3.05) is 0 Å². The first-order valence-corrected chi connectivity index (χ1v) is 4.86. The molecule has 16 heavy (non-hydrogen) atoms. The molecule has 2 aromatic heterocycles. The van der Waals surface area contributed by atoms with E-state index >= 15 is 0 Å². The molecule has 4 heteroatoms. The van der Waals surface area contributed by atoms with Crippen LogP contribution in [-0.2, 0) is 0 Å². The summed E-state index contributed by atoms with van der Waals surface area (Å²) in [5.41, 5.74) is 1.25. The van der Waals surface area contributed by atoms with Crippen molar-refractivity contribution in [1.29, 1.82) is 0 Å². The summed E-state index contributed by atoms with van der Waals surface area (Å²) in [7, 11) is 0. The number of fused-ring (bicyclic) bond motifs is 1. The number of aromatic amines is 1. The zero-order chi connectivity index (χ0) is 11.0. The molecule has 0 spiro atoms. The fourth-order valence-electron chi connectivity index (χ4n) is 1.64. The van der Waals surface area contributed by atoms with Crippen molar-refractivity contribution in [1.82, 2.24) is 10.2 Å². The van der Waals surface area contributed by atoms with Gasteiger partial charge in [0.05, 0.1) is 6.20 Å². The average Bonchev–Trinajstić information content (AvgIpc) is 2.72. The van der Waals surface area contributed by atoms with Gasteiger partial charge in [-0.1, -0.05) is 18.2 Å². The Balaban J connectivity index is 2.23. The van der Waals surface area contributed by atoms with E-state index in [1.807, 2.05) is 30.3 Å².